The van der Waals surface area contributed by atoms with Crippen LogP contribution in [0.5, 0.6) is 0 Å². The van der Waals surface area contributed by atoms with Gasteiger partial charge in [-0.1, -0.05) is 40.5 Å². The van der Waals surface area contributed by atoms with Crippen LogP contribution in [0.4, 0.5) is 0 Å². The molecule has 1 heterocycles. The summed E-state index contributed by atoms with van der Waals surface area (Å²) in [6.07, 6.45) is 8.56. The van der Waals surface area contributed by atoms with Crippen LogP contribution in [0.1, 0.15) is 66.2 Å². The van der Waals surface area contributed by atoms with Gasteiger partial charge in [0, 0.05) is 25.7 Å². The molecule has 21 heavy (non-hydrogen) atoms. The highest BCUT2D eigenvalue weighted by atomic mass is 15.1. The predicted molar refractivity (Wildman–Crippen MR) is 92.6 cm³/mol. The summed E-state index contributed by atoms with van der Waals surface area (Å²) < 4.78 is 0. The van der Waals surface area contributed by atoms with E-state index in [0.717, 1.165) is 36.3 Å². The standard InChI is InChI=1S/C19H38N2/c1-5-7-17-8-9-19(20-6-2)18(11-17)14-21-12-15(3)10-16(4)13-21/h15-20H,5-14H2,1-4H3. The largest absolute Gasteiger partial charge is 0.314 e. The lowest BCUT2D eigenvalue weighted by atomic mass is 9.75. The highest BCUT2D eigenvalue weighted by Crippen LogP contribution is 2.34. The van der Waals surface area contributed by atoms with Crippen molar-refractivity contribution in [2.75, 3.05) is 26.2 Å². The molecule has 2 heteroatoms. The molecule has 0 aromatic rings. The summed E-state index contributed by atoms with van der Waals surface area (Å²) in [6, 6.07) is 0.774. The average molecular weight is 295 g/mol. The van der Waals surface area contributed by atoms with Crippen molar-refractivity contribution in [3.05, 3.63) is 0 Å². The van der Waals surface area contributed by atoms with Crippen LogP contribution in [-0.4, -0.2) is 37.1 Å². The zero-order chi connectivity index (χ0) is 15.2. The molecule has 0 amide bonds. The fraction of sp³-hybridized carbons (Fsp3) is 1.00. The zero-order valence-corrected chi connectivity index (χ0v) is 14.9. The highest BCUT2D eigenvalue weighted by molar-refractivity contribution is 4.88. The summed E-state index contributed by atoms with van der Waals surface area (Å²) in [5.74, 6) is 3.66. The molecule has 1 N–H and O–H groups in total. The third kappa shape index (κ3) is 5.25. The van der Waals surface area contributed by atoms with Crippen molar-refractivity contribution in [1.29, 1.82) is 0 Å². The summed E-state index contributed by atoms with van der Waals surface area (Å²) in [7, 11) is 0. The second-order valence-electron chi connectivity index (χ2n) is 8.06. The van der Waals surface area contributed by atoms with E-state index < -0.39 is 0 Å². The van der Waals surface area contributed by atoms with Crippen LogP contribution >= 0.6 is 0 Å². The summed E-state index contributed by atoms with van der Waals surface area (Å²) in [5, 5.41) is 3.78. The zero-order valence-electron chi connectivity index (χ0n) is 14.9. The van der Waals surface area contributed by atoms with Crippen molar-refractivity contribution < 1.29 is 0 Å². The second kappa shape index (κ2) is 8.53. The Hall–Kier alpha value is -0.0800. The van der Waals surface area contributed by atoms with E-state index in [1.165, 1.54) is 58.2 Å². The Labute approximate surface area is 133 Å². The minimum absolute atomic E-state index is 0.774. The van der Waals surface area contributed by atoms with Crippen molar-refractivity contribution >= 4 is 0 Å². The number of nitrogens with one attached hydrogen (secondary N) is 1. The number of piperidine rings is 1. The normalized spacial score (nSPS) is 38.6. The molecule has 124 valence electrons. The summed E-state index contributed by atoms with van der Waals surface area (Å²) in [6.45, 7) is 14.6. The van der Waals surface area contributed by atoms with Crippen LogP contribution in [-0.2, 0) is 0 Å². The molecular formula is C19H38N2. The Morgan fingerprint density at radius 2 is 1.71 bits per heavy atom. The molecule has 1 saturated heterocycles. The molecule has 1 aliphatic heterocycles. The first-order valence-corrected chi connectivity index (χ1v) is 9.58. The van der Waals surface area contributed by atoms with Gasteiger partial charge in [0.2, 0.25) is 0 Å². The Morgan fingerprint density at radius 3 is 2.33 bits per heavy atom. The first kappa shape index (κ1) is 17.3. The minimum atomic E-state index is 0.774. The molecule has 0 aromatic heterocycles. The van der Waals surface area contributed by atoms with Crippen LogP contribution in [0.2, 0.25) is 0 Å². The van der Waals surface area contributed by atoms with E-state index in [2.05, 4.69) is 37.9 Å². The summed E-state index contributed by atoms with van der Waals surface area (Å²) in [5.41, 5.74) is 0. The first-order chi connectivity index (χ1) is 10.1. The van der Waals surface area contributed by atoms with E-state index in [1.807, 2.05) is 0 Å². The molecule has 1 aliphatic carbocycles. The maximum absolute atomic E-state index is 3.78. The van der Waals surface area contributed by atoms with Crippen LogP contribution in [0.3, 0.4) is 0 Å². The number of likely N-dealkylation sites (tertiary alicyclic amines) is 1. The van der Waals surface area contributed by atoms with Crippen LogP contribution in [0, 0.1) is 23.7 Å². The van der Waals surface area contributed by atoms with Gasteiger partial charge in [0.15, 0.2) is 0 Å². The van der Waals surface area contributed by atoms with E-state index in [9.17, 15) is 0 Å². The second-order valence-corrected chi connectivity index (χ2v) is 8.06. The number of rotatable bonds is 6. The van der Waals surface area contributed by atoms with Gasteiger partial charge in [0.1, 0.15) is 0 Å². The maximum atomic E-state index is 3.78. The predicted octanol–water partition coefficient (Wildman–Crippen LogP) is 4.16. The third-order valence-corrected chi connectivity index (χ3v) is 5.69. The van der Waals surface area contributed by atoms with E-state index in [0.29, 0.717) is 0 Å². The van der Waals surface area contributed by atoms with Crippen molar-refractivity contribution in [3.63, 3.8) is 0 Å². The minimum Gasteiger partial charge on any atom is -0.314 e. The van der Waals surface area contributed by atoms with Crippen LogP contribution in [0.15, 0.2) is 0 Å². The van der Waals surface area contributed by atoms with Gasteiger partial charge < -0.3 is 10.2 Å². The van der Waals surface area contributed by atoms with Crippen LogP contribution < -0.4 is 5.32 Å². The van der Waals surface area contributed by atoms with Crippen molar-refractivity contribution in [3.8, 4) is 0 Å². The van der Waals surface area contributed by atoms with Gasteiger partial charge >= 0.3 is 0 Å². The highest BCUT2D eigenvalue weighted by Gasteiger charge is 2.32. The molecule has 2 nitrogen and oxygen atoms in total. The molecule has 2 aliphatic rings. The number of nitrogens with zero attached hydrogens (tertiary/aromatic N) is 1. The van der Waals surface area contributed by atoms with Gasteiger partial charge in [0.05, 0.1) is 0 Å². The fourth-order valence-corrected chi connectivity index (χ4v) is 5.04. The molecule has 0 aromatic carbocycles. The molecule has 2 fully saturated rings. The monoisotopic (exact) mass is 294 g/mol. The lowest BCUT2D eigenvalue weighted by Gasteiger charge is -2.42. The smallest absolute Gasteiger partial charge is 0.0108 e. The molecule has 5 unspecified atom stereocenters. The van der Waals surface area contributed by atoms with Crippen molar-refractivity contribution in [2.24, 2.45) is 23.7 Å². The lowest BCUT2D eigenvalue weighted by Crippen LogP contribution is -2.48. The van der Waals surface area contributed by atoms with Gasteiger partial charge in [-0.2, -0.15) is 0 Å². The third-order valence-electron chi connectivity index (χ3n) is 5.69. The van der Waals surface area contributed by atoms with Gasteiger partial charge in [-0.15, -0.1) is 0 Å². The fourth-order valence-electron chi connectivity index (χ4n) is 5.04. The van der Waals surface area contributed by atoms with Crippen molar-refractivity contribution in [1.82, 2.24) is 10.2 Å². The van der Waals surface area contributed by atoms with E-state index >= 15 is 0 Å². The number of hydrogen-bond donors (Lipinski definition) is 1. The lowest BCUT2D eigenvalue weighted by molar-refractivity contribution is 0.0864. The molecule has 0 spiro atoms. The molecule has 5 atom stereocenters. The van der Waals surface area contributed by atoms with Gasteiger partial charge in [-0.3, -0.25) is 0 Å². The van der Waals surface area contributed by atoms with E-state index in [4.69, 9.17) is 0 Å². The van der Waals surface area contributed by atoms with Gasteiger partial charge in [-0.05, 0) is 55.9 Å². The van der Waals surface area contributed by atoms with Gasteiger partial charge in [0.25, 0.3) is 0 Å². The maximum Gasteiger partial charge on any atom is 0.0108 e. The molecule has 0 bridgehead atoms. The molecule has 2 rings (SSSR count). The first-order valence-electron chi connectivity index (χ1n) is 9.58. The Bertz CT molecular complexity index is 281. The Morgan fingerprint density at radius 1 is 1.00 bits per heavy atom. The van der Waals surface area contributed by atoms with E-state index in [-0.39, 0.29) is 0 Å². The Balaban J connectivity index is 1.91. The average Bonchev–Trinajstić information content (AvgIpc) is 2.41. The molecule has 0 radical (unpaired) electrons. The topological polar surface area (TPSA) is 15.3 Å². The van der Waals surface area contributed by atoms with Gasteiger partial charge in [-0.25, -0.2) is 0 Å². The molecule has 1 saturated carbocycles. The SMILES string of the molecule is CCCC1CCC(NCC)C(CN2CC(C)CC(C)C2)C1. The quantitative estimate of drug-likeness (QED) is 0.791. The van der Waals surface area contributed by atoms with Crippen molar-refractivity contribution in [2.45, 2.75) is 72.3 Å². The summed E-state index contributed by atoms with van der Waals surface area (Å²) >= 11 is 0. The number of hydrogen-bond acceptors (Lipinski definition) is 2. The Kier molecular flexibility index (Phi) is 7.01. The molecular weight excluding hydrogens is 256 g/mol. The van der Waals surface area contributed by atoms with Crippen LogP contribution in [0.25, 0.3) is 0 Å². The summed E-state index contributed by atoms with van der Waals surface area (Å²) in [4.78, 5) is 2.78. The van der Waals surface area contributed by atoms with E-state index in [1.54, 1.807) is 0 Å².